The zero-order valence-electron chi connectivity index (χ0n) is 12.6. The van der Waals surface area contributed by atoms with Gasteiger partial charge in [-0.15, -0.1) is 0 Å². The summed E-state index contributed by atoms with van der Waals surface area (Å²) in [6, 6.07) is 7.41. The summed E-state index contributed by atoms with van der Waals surface area (Å²) in [5.41, 5.74) is 0.798. The van der Waals surface area contributed by atoms with Gasteiger partial charge in [0.05, 0.1) is 6.61 Å². The number of amides is 1. The molecule has 0 bridgehead atoms. The molecule has 0 aliphatic rings. The van der Waals surface area contributed by atoms with E-state index in [-0.39, 0.29) is 5.91 Å². The highest BCUT2D eigenvalue weighted by atomic mass is 16.5. The number of hydrogen-bond donors (Lipinski definition) is 2. The highest BCUT2D eigenvalue weighted by Gasteiger charge is 2.02. The van der Waals surface area contributed by atoms with Gasteiger partial charge in [-0.3, -0.25) is 4.79 Å². The molecule has 0 fully saturated rings. The van der Waals surface area contributed by atoms with Crippen molar-refractivity contribution in [1.29, 1.82) is 0 Å². The third-order valence-electron chi connectivity index (χ3n) is 2.71. The molecule has 0 atom stereocenters. The molecule has 0 radical (unpaired) electrons. The van der Waals surface area contributed by atoms with Crippen LogP contribution in [0, 0.1) is 0 Å². The molecule has 1 aromatic carbocycles. The third kappa shape index (κ3) is 7.11. The van der Waals surface area contributed by atoms with Crippen LogP contribution in [-0.2, 0) is 4.79 Å². The van der Waals surface area contributed by atoms with Crippen molar-refractivity contribution in [1.82, 2.24) is 10.2 Å². The monoisotopic (exact) mass is 279 g/mol. The van der Waals surface area contributed by atoms with Crippen LogP contribution in [0.15, 0.2) is 24.3 Å². The first-order valence-corrected chi connectivity index (χ1v) is 7.00. The molecule has 112 valence electrons. The van der Waals surface area contributed by atoms with Crippen molar-refractivity contribution in [3.63, 3.8) is 0 Å². The molecule has 0 unspecified atom stereocenters. The Morgan fingerprint density at radius 3 is 2.50 bits per heavy atom. The zero-order valence-corrected chi connectivity index (χ0v) is 12.6. The van der Waals surface area contributed by atoms with Gasteiger partial charge in [-0.25, -0.2) is 0 Å². The number of likely N-dealkylation sites (N-methyl/N-ethyl adjacent to an activating group) is 1. The topological polar surface area (TPSA) is 53.6 Å². The lowest BCUT2D eigenvalue weighted by atomic mass is 10.3. The molecule has 5 nitrogen and oxygen atoms in total. The van der Waals surface area contributed by atoms with E-state index in [4.69, 9.17) is 4.74 Å². The normalized spacial score (nSPS) is 10.6. The van der Waals surface area contributed by atoms with E-state index in [9.17, 15) is 4.79 Å². The van der Waals surface area contributed by atoms with Crippen molar-refractivity contribution >= 4 is 11.6 Å². The molecular weight excluding hydrogens is 254 g/mol. The van der Waals surface area contributed by atoms with Crippen LogP contribution in [-0.4, -0.2) is 51.1 Å². The number of nitrogens with one attached hydrogen (secondary N) is 2. The van der Waals surface area contributed by atoms with Crippen LogP contribution in [0.5, 0.6) is 5.75 Å². The summed E-state index contributed by atoms with van der Waals surface area (Å²) >= 11 is 0. The fourth-order valence-electron chi connectivity index (χ4n) is 1.65. The SMILES string of the molecule is CCOc1ccc(NC(=O)CCNCCN(C)C)cc1. The number of ether oxygens (including phenoxy) is 1. The Labute approximate surface area is 121 Å². The van der Waals surface area contributed by atoms with Crippen molar-refractivity contribution in [2.45, 2.75) is 13.3 Å². The largest absolute Gasteiger partial charge is 0.494 e. The van der Waals surface area contributed by atoms with Gasteiger partial charge in [0.1, 0.15) is 5.75 Å². The minimum atomic E-state index is 0.0199. The van der Waals surface area contributed by atoms with E-state index < -0.39 is 0 Å². The van der Waals surface area contributed by atoms with Crippen LogP contribution in [0.25, 0.3) is 0 Å². The number of rotatable bonds is 9. The number of carbonyl (C=O) groups excluding carboxylic acids is 1. The quantitative estimate of drug-likeness (QED) is 0.674. The Morgan fingerprint density at radius 1 is 1.20 bits per heavy atom. The summed E-state index contributed by atoms with van der Waals surface area (Å²) in [5, 5.41) is 6.10. The highest BCUT2D eigenvalue weighted by Crippen LogP contribution is 2.15. The van der Waals surface area contributed by atoms with Gasteiger partial charge >= 0.3 is 0 Å². The van der Waals surface area contributed by atoms with Gasteiger partial charge in [0, 0.05) is 31.7 Å². The minimum absolute atomic E-state index is 0.0199. The second-order valence-electron chi connectivity index (χ2n) is 4.81. The van der Waals surface area contributed by atoms with Crippen LogP contribution >= 0.6 is 0 Å². The van der Waals surface area contributed by atoms with Crippen molar-refractivity contribution in [2.75, 3.05) is 45.7 Å². The summed E-state index contributed by atoms with van der Waals surface area (Å²) in [5.74, 6) is 0.836. The standard InChI is InChI=1S/C15H25N3O2/c1-4-20-14-7-5-13(6-8-14)17-15(19)9-10-16-11-12-18(2)3/h5-8,16H,4,9-12H2,1-3H3,(H,17,19). The average Bonchev–Trinajstić information content (AvgIpc) is 2.40. The molecular formula is C15H25N3O2. The van der Waals surface area contributed by atoms with Gasteiger partial charge in [-0.05, 0) is 45.3 Å². The summed E-state index contributed by atoms with van der Waals surface area (Å²) < 4.78 is 5.35. The van der Waals surface area contributed by atoms with E-state index in [1.807, 2.05) is 45.3 Å². The van der Waals surface area contributed by atoms with E-state index >= 15 is 0 Å². The van der Waals surface area contributed by atoms with Gasteiger partial charge in [0.15, 0.2) is 0 Å². The maximum atomic E-state index is 11.7. The summed E-state index contributed by atoms with van der Waals surface area (Å²) in [4.78, 5) is 13.8. The molecule has 1 rings (SSSR count). The maximum absolute atomic E-state index is 11.7. The fourth-order valence-corrected chi connectivity index (χ4v) is 1.65. The minimum Gasteiger partial charge on any atom is -0.494 e. The molecule has 0 saturated carbocycles. The second kappa shape index (κ2) is 9.34. The molecule has 0 aliphatic carbocycles. The number of benzene rings is 1. The lowest BCUT2D eigenvalue weighted by molar-refractivity contribution is -0.116. The van der Waals surface area contributed by atoms with E-state index in [1.54, 1.807) is 0 Å². The first-order chi connectivity index (χ1) is 9.61. The van der Waals surface area contributed by atoms with Gasteiger partial charge in [-0.2, -0.15) is 0 Å². The van der Waals surface area contributed by atoms with Gasteiger partial charge < -0.3 is 20.3 Å². The lowest BCUT2D eigenvalue weighted by Crippen LogP contribution is -2.29. The summed E-state index contributed by atoms with van der Waals surface area (Å²) in [6.07, 6.45) is 0.473. The number of anilines is 1. The Balaban J connectivity index is 2.21. The maximum Gasteiger partial charge on any atom is 0.225 e. The number of nitrogens with zero attached hydrogens (tertiary/aromatic N) is 1. The molecule has 0 saturated heterocycles. The van der Waals surface area contributed by atoms with E-state index in [0.717, 1.165) is 24.5 Å². The predicted octanol–water partition coefficient (Wildman–Crippen LogP) is 1.57. The molecule has 0 aliphatic heterocycles. The van der Waals surface area contributed by atoms with Crippen molar-refractivity contribution in [3.8, 4) is 5.75 Å². The van der Waals surface area contributed by atoms with Gasteiger partial charge in [0.2, 0.25) is 5.91 Å². The summed E-state index contributed by atoms with van der Waals surface area (Å²) in [7, 11) is 4.06. The molecule has 1 amide bonds. The Bertz CT molecular complexity index is 391. The smallest absolute Gasteiger partial charge is 0.225 e. The van der Waals surface area contributed by atoms with Crippen LogP contribution < -0.4 is 15.4 Å². The van der Waals surface area contributed by atoms with Crippen LogP contribution in [0.3, 0.4) is 0 Å². The summed E-state index contributed by atoms with van der Waals surface area (Å²) in [6.45, 7) is 5.14. The Morgan fingerprint density at radius 2 is 1.90 bits per heavy atom. The highest BCUT2D eigenvalue weighted by molar-refractivity contribution is 5.90. The average molecular weight is 279 g/mol. The van der Waals surface area contributed by atoms with E-state index in [1.165, 1.54) is 0 Å². The fraction of sp³-hybridized carbons (Fsp3) is 0.533. The number of carbonyl (C=O) groups is 1. The van der Waals surface area contributed by atoms with Crippen molar-refractivity contribution < 1.29 is 9.53 Å². The Hall–Kier alpha value is -1.59. The molecule has 2 N–H and O–H groups in total. The van der Waals surface area contributed by atoms with Crippen molar-refractivity contribution in [2.24, 2.45) is 0 Å². The second-order valence-corrected chi connectivity index (χ2v) is 4.81. The molecule has 5 heteroatoms. The van der Waals surface area contributed by atoms with Crippen molar-refractivity contribution in [3.05, 3.63) is 24.3 Å². The lowest BCUT2D eigenvalue weighted by Gasteiger charge is -2.10. The van der Waals surface area contributed by atoms with E-state index in [0.29, 0.717) is 19.6 Å². The molecule has 0 aromatic heterocycles. The van der Waals surface area contributed by atoms with Crippen LogP contribution in [0.2, 0.25) is 0 Å². The predicted molar refractivity (Wildman–Crippen MR) is 82.3 cm³/mol. The molecule has 1 aromatic rings. The zero-order chi connectivity index (χ0) is 14.8. The van der Waals surface area contributed by atoms with Gasteiger partial charge in [-0.1, -0.05) is 0 Å². The first-order valence-electron chi connectivity index (χ1n) is 7.00. The first kappa shape index (κ1) is 16.5. The molecule has 0 spiro atoms. The third-order valence-corrected chi connectivity index (χ3v) is 2.71. The Kier molecular flexibility index (Phi) is 7.69. The molecule has 0 heterocycles. The number of hydrogen-bond acceptors (Lipinski definition) is 4. The molecule has 20 heavy (non-hydrogen) atoms. The van der Waals surface area contributed by atoms with Crippen LogP contribution in [0.4, 0.5) is 5.69 Å². The van der Waals surface area contributed by atoms with Gasteiger partial charge in [0.25, 0.3) is 0 Å². The van der Waals surface area contributed by atoms with Crippen LogP contribution in [0.1, 0.15) is 13.3 Å². The van der Waals surface area contributed by atoms with E-state index in [2.05, 4.69) is 15.5 Å².